The van der Waals surface area contributed by atoms with Gasteiger partial charge in [0.25, 0.3) is 0 Å². The smallest absolute Gasteiger partial charge is 0.312 e. The Morgan fingerprint density at radius 1 is 1.33 bits per heavy atom. The topological polar surface area (TPSA) is 24.9 Å². The van der Waals surface area contributed by atoms with Gasteiger partial charge in [0.15, 0.2) is 5.69 Å². The summed E-state index contributed by atoms with van der Waals surface area (Å²) in [6, 6.07) is 4.10. The Labute approximate surface area is 131 Å². The summed E-state index contributed by atoms with van der Waals surface area (Å²) in [5, 5.41) is 2.86. The number of hydrogen-bond acceptors (Lipinski definition) is 3. The summed E-state index contributed by atoms with van der Waals surface area (Å²) in [6.45, 7) is 2.39. The van der Waals surface area contributed by atoms with Crippen LogP contribution in [0.1, 0.15) is 17.5 Å². The Kier molecular flexibility index (Phi) is 5.00. The van der Waals surface area contributed by atoms with Crippen molar-refractivity contribution in [3.63, 3.8) is 0 Å². The van der Waals surface area contributed by atoms with Crippen LogP contribution < -0.4 is 5.32 Å². The first-order valence-corrected chi connectivity index (χ1v) is 7.67. The highest BCUT2D eigenvalue weighted by Gasteiger charge is 2.37. The van der Waals surface area contributed by atoms with E-state index in [1.165, 1.54) is 18.2 Å². The van der Waals surface area contributed by atoms with Crippen molar-refractivity contribution in [3.8, 4) is 10.6 Å². The Hall–Kier alpha value is -0.990. The van der Waals surface area contributed by atoms with Gasteiger partial charge in [-0.2, -0.15) is 13.2 Å². The second kappa shape index (κ2) is 6.41. The number of hydrogen-bond donors (Lipinski definition) is 1. The van der Waals surface area contributed by atoms with Gasteiger partial charge in [0, 0.05) is 16.6 Å². The monoisotopic (exact) mass is 382 g/mol. The fourth-order valence-corrected chi connectivity index (χ4v) is 3.14. The number of thiazole rings is 1. The molecular formula is C13H11BrF4N2S. The minimum absolute atomic E-state index is 0.0222. The van der Waals surface area contributed by atoms with Crippen LogP contribution in [0.3, 0.4) is 0 Å². The maximum Gasteiger partial charge on any atom is 0.434 e. The van der Waals surface area contributed by atoms with Crippen LogP contribution >= 0.6 is 27.3 Å². The van der Waals surface area contributed by atoms with Crippen LogP contribution in [-0.4, -0.2) is 11.5 Å². The van der Waals surface area contributed by atoms with Crippen molar-refractivity contribution in [2.45, 2.75) is 19.6 Å². The highest BCUT2D eigenvalue weighted by molar-refractivity contribution is 9.10. The molecule has 2 aromatic rings. The van der Waals surface area contributed by atoms with E-state index in [4.69, 9.17) is 0 Å². The molecule has 0 fully saturated rings. The second-order valence-corrected chi connectivity index (χ2v) is 6.19. The summed E-state index contributed by atoms with van der Waals surface area (Å²) in [7, 11) is 0. The van der Waals surface area contributed by atoms with Gasteiger partial charge in [-0.15, -0.1) is 11.3 Å². The molecule has 8 heteroatoms. The normalized spacial score (nSPS) is 11.9. The lowest BCUT2D eigenvalue weighted by atomic mass is 10.2. The highest BCUT2D eigenvalue weighted by Crippen LogP contribution is 2.38. The minimum Gasteiger partial charge on any atom is -0.312 e. The number of aromatic nitrogens is 1. The molecule has 0 saturated heterocycles. The van der Waals surface area contributed by atoms with Gasteiger partial charge in [-0.1, -0.05) is 22.9 Å². The van der Waals surface area contributed by atoms with Gasteiger partial charge in [-0.05, 0) is 24.7 Å². The maximum absolute atomic E-state index is 13.8. The zero-order chi connectivity index (χ0) is 15.6. The van der Waals surface area contributed by atoms with E-state index < -0.39 is 17.7 Å². The predicted molar refractivity (Wildman–Crippen MR) is 77.6 cm³/mol. The molecule has 0 aliphatic heterocycles. The molecule has 0 aliphatic carbocycles. The van der Waals surface area contributed by atoms with Crippen molar-refractivity contribution in [2.24, 2.45) is 0 Å². The van der Waals surface area contributed by atoms with E-state index in [-0.39, 0.29) is 22.0 Å². The molecule has 2 nitrogen and oxygen atoms in total. The molecular weight excluding hydrogens is 372 g/mol. The molecule has 1 aromatic heterocycles. The summed E-state index contributed by atoms with van der Waals surface area (Å²) in [5.41, 5.74) is -0.898. The lowest BCUT2D eigenvalue weighted by Crippen LogP contribution is -2.15. The molecule has 21 heavy (non-hydrogen) atoms. The van der Waals surface area contributed by atoms with Gasteiger partial charge in [-0.3, -0.25) is 0 Å². The predicted octanol–water partition coefficient (Wildman–Crippen LogP) is 4.84. The minimum atomic E-state index is -4.55. The van der Waals surface area contributed by atoms with Crippen molar-refractivity contribution in [3.05, 3.63) is 39.1 Å². The fourth-order valence-electron chi connectivity index (χ4n) is 1.71. The van der Waals surface area contributed by atoms with Crippen molar-refractivity contribution in [1.82, 2.24) is 10.3 Å². The highest BCUT2D eigenvalue weighted by atomic mass is 79.9. The van der Waals surface area contributed by atoms with Crippen LogP contribution in [0.4, 0.5) is 17.6 Å². The van der Waals surface area contributed by atoms with E-state index in [0.29, 0.717) is 11.0 Å². The zero-order valence-electron chi connectivity index (χ0n) is 10.9. The Bertz CT molecular complexity index is 640. The number of rotatable bonds is 4. The van der Waals surface area contributed by atoms with Gasteiger partial charge < -0.3 is 5.32 Å². The number of halogens is 5. The first-order valence-electron chi connectivity index (χ1n) is 6.06. The van der Waals surface area contributed by atoms with Crippen molar-refractivity contribution in [2.75, 3.05) is 6.54 Å². The molecule has 0 amide bonds. The van der Waals surface area contributed by atoms with Crippen LogP contribution in [0, 0.1) is 5.82 Å². The zero-order valence-corrected chi connectivity index (χ0v) is 13.3. The third kappa shape index (κ3) is 3.81. The first kappa shape index (κ1) is 16.4. The van der Waals surface area contributed by atoms with Crippen LogP contribution in [0.5, 0.6) is 0 Å². The van der Waals surface area contributed by atoms with Crippen LogP contribution in [0.25, 0.3) is 10.6 Å². The quantitative estimate of drug-likeness (QED) is 0.765. The summed E-state index contributed by atoms with van der Waals surface area (Å²) in [4.78, 5) is 3.65. The maximum atomic E-state index is 13.8. The van der Waals surface area contributed by atoms with E-state index in [2.05, 4.69) is 26.2 Å². The second-order valence-electron chi connectivity index (χ2n) is 4.19. The van der Waals surface area contributed by atoms with Crippen LogP contribution in [0.2, 0.25) is 0 Å². The SMILES string of the molecule is CCNCc1sc(-c2cc(Br)ccc2F)nc1C(F)(F)F. The van der Waals surface area contributed by atoms with E-state index >= 15 is 0 Å². The Balaban J connectivity index is 2.50. The average molecular weight is 383 g/mol. The van der Waals surface area contributed by atoms with E-state index in [1.54, 1.807) is 6.92 Å². The van der Waals surface area contributed by atoms with Gasteiger partial charge in [0.2, 0.25) is 0 Å². The molecule has 0 aliphatic rings. The lowest BCUT2D eigenvalue weighted by molar-refractivity contribution is -0.141. The lowest BCUT2D eigenvalue weighted by Gasteiger charge is -2.05. The molecule has 2 rings (SSSR count). The Morgan fingerprint density at radius 3 is 2.67 bits per heavy atom. The van der Waals surface area contributed by atoms with Gasteiger partial charge >= 0.3 is 6.18 Å². The number of benzene rings is 1. The summed E-state index contributed by atoms with van der Waals surface area (Å²) >= 11 is 4.02. The van der Waals surface area contributed by atoms with Crippen molar-refractivity contribution >= 4 is 27.3 Å². The summed E-state index contributed by atoms with van der Waals surface area (Å²) < 4.78 is 53.4. The Morgan fingerprint density at radius 2 is 2.05 bits per heavy atom. The first-order chi connectivity index (χ1) is 9.82. The molecule has 0 saturated carbocycles. The third-order valence-corrected chi connectivity index (χ3v) is 4.24. The van der Waals surface area contributed by atoms with Gasteiger partial charge in [-0.25, -0.2) is 9.37 Å². The molecule has 0 radical (unpaired) electrons. The van der Waals surface area contributed by atoms with Gasteiger partial charge in [0.1, 0.15) is 10.8 Å². The standard InChI is InChI=1S/C13H11BrF4N2S/c1-2-19-6-10-11(13(16,17)18)20-12(21-10)8-5-7(14)3-4-9(8)15/h3-5,19H,2,6H2,1H3. The summed E-state index contributed by atoms with van der Waals surface area (Å²) in [5.74, 6) is -0.601. The van der Waals surface area contributed by atoms with E-state index in [0.717, 1.165) is 11.3 Å². The van der Waals surface area contributed by atoms with Crippen molar-refractivity contribution in [1.29, 1.82) is 0 Å². The van der Waals surface area contributed by atoms with Gasteiger partial charge in [0.05, 0.1) is 4.88 Å². The molecule has 0 unspecified atom stereocenters. The molecule has 0 spiro atoms. The molecule has 0 bridgehead atoms. The molecule has 1 N–H and O–H groups in total. The molecule has 1 heterocycles. The van der Waals surface area contributed by atoms with Crippen LogP contribution in [-0.2, 0) is 12.7 Å². The van der Waals surface area contributed by atoms with E-state index in [1.807, 2.05) is 0 Å². The number of nitrogens with one attached hydrogen (secondary N) is 1. The molecule has 114 valence electrons. The van der Waals surface area contributed by atoms with E-state index in [9.17, 15) is 17.6 Å². The van der Waals surface area contributed by atoms with Crippen molar-refractivity contribution < 1.29 is 17.6 Å². The van der Waals surface area contributed by atoms with Crippen LogP contribution in [0.15, 0.2) is 22.7 Å². The number of alkyl halides is 3. The molecule has 1 aromatic carbocycles. The largest absolute Gasteiger partial charge is 0.434 e. The molecule has 0 atom stereocenters. The third-order valence-electron chi connectivity index (χ3n) is 2.66. The number of nitrogens with zero attached hydrogens (tertiary/aromatic N) is 1. The average Bonchev–Trinajstić information content (AvgIpc) is 2.83. The fraction of sp³-hybridized carbons (Fsp3) is 0.308. The summed E-state index contributed by atoms with van der Waals surface area (Å²) in [6.07, 6.45) is -4.55.